The second-order valence-electron chi connectivity index (χ2n) is 2.89. The number of hydrogen-bond donors (Lipinski definition) is 3. The van der Waals surface area contributed by atoms with Crippen molar-refractivity contribution < 1.29 is 9.59 Å². The lowest BCUT2D eigenvalue weighted by Crippen LogP contribution is -2.46. The molecule has 5 nitrogen and oxygen atoms in total. The van der Waals surface area contributed by atoms with Gasteiger partial charge in [-0.2, -0.15) is 11.8 Å². The highest BCUT2D eigenvalue weighted by Gasteiger charge is 2.12. The van der Waals surface area contributed by atoms with E-state index >= 15 is 0 Å². The Balaban J connectivity index is 3.55. The van der Waals surface area contributed by atoms with Crippen LogP contribution in [-0.4, -0.2) is 36.0 Å². The van der Waals surface area contributed by atoms with Crippen LogP contribution in [0.3, 0.4) is 0 Å². The summed E-state index contributed by atoms with van der Waals surface area (Å²) >= 11 is 1.72. The molecular weight excluding hydrogens is 214 g/mol. The van der Waals surface area contributed by atoms with Gasteiger partial charge in [-0.25, -0.2) is 4.79 Å². The number of nitrogens with two attached hydrogens (primary N) is 1. The van der Waals surface area contributed by atoms with E-state index in [9.17, 15) is 9.59 Å². The summed E-state index contributed by atoms with van der Waals surface area (Å²) in [7, 11) is 0. The molecule has 0 bridgehead atoms. The molecular formula is C9H17N3O2S. The molecule has 0 rings (SSSR count). The van der Waals surface area contributed by atoms with Crippen LogP contribution in [0.15, 0.2) is 12.7 Å². The molecule has 15 heavy (non-hydrogen) atoms. The Labute approximate surface area is 93.9 Å². The molecule has 0 aromatic carbocycles. The molecule has 0 aromatic rings. The van der Waals surface area contributed by atoms with Crippen LogP contribution < -0.4 is 16.4 Å². The van der Waals surface area contributed by atoms with Crippen molar-refractivity contribution in [1.82, 2.24) is 10.6 Å². The number of hydrogen-bond acceptors (Lipinski definition) is 4. The maximum atomic E-state index is 11.2. The van der Waals surface area contributed by atoms with E-state index in [1.807, 2.05) is 11.4 Å². The molecule has 3 amide bonds. The van der Waals surface area contributed by atoms with E-state index in [1.54, 1.807) is 18.7 Å². The lowest BCUT2D eigenvalue weighted by atomic mass is 10.3. The van der Waals surface area contributed by atoms with Gasteiger partial charge in [-0.15, -0.1) is 6.58 Å². The molecule has 0 aromatic heterocycles. The van der Waals surface area contributed by atoms with Crippen LogP contribution >= 0.6 is 11.8 Å². The fraction of sp³-hybridized carbons (Fsp3) is 0.556. The Bertz CT molecular complexity index is 233. The number of amides is 3. The molecule has 0 radical (unpaired) electrons. The predicted octanol–water partition coefficient (Wildman–Crippen LogP) is 0.0786. The van der Waals surface area contributed by atoms with Gasteiger partial charge in [0.1, 0.15) is 0 Å². The lowest BCUT2D eigenvalue weighted by Gasteiger charge is -2.11. The van der Waals surface area contributed by atoms with Crippen molar-refractivity contribution in [2.24, 2.45) is 5.73 Å². The monoisotopic (exact) mass is 231 g/mol. The van der Waals surface area contributed by atoms with Gasteiger partial charge in [0.05, 0.1) is 6.04 Å². The van der Waals surface area contributed by atoms with Gasteiger partial charge < -0.3 is 11.1 Å². The Morgan fingerprint density at radius 2 is 2.27 bits per heavy atom. The number of urea groups is 1. The third-order valence-corrected chi connectivity index (χ3v) is 2.54. The van der Waals surface area contributed by atoms with Gasteiger partial charge in [0.25, 0.3) is 0 Å². The van der Waals surface area contributed by atoms with Crippen molar-refractivity contribution in [3.05, 3.63) is 12.7 Å². The summed E-state index contributed by atoms with van der Waals surface area (Å²) in [4.78, 5) is 21.6. The highest BCUT2D eigenvalue weighted by molar-refractivity contribution is 7.99. The van der Waals surface area contributed by atoms with E-state index < -0.39 is 18.0 Å². The molecule has 0 aliphatic rings. The van der Waals surface area contributed by atoms with Gasteiger partial charge in [0, 0.05) is 18.1 Å². The van der Waals surface area contributed by atoms with Crippen LogP contribution in [0.1, 0.15) is 6.92 Å². The zero-order chi connectivity index (χ0) is 11.7. The summed E-state index contributed by atoms with van der Waals surface area (Å²) in [6, 6.07) is -1.24. The van der Waals surface area contributed by atoms with E-state index in [4.69, 9.17) is 5.73 Å². The summed E-state index contributed by atoms with van der Waals surface area (Å²) in [5.74, 6) is 1.38. The Morgan fingerprint density at radius 1 is 1.60 bits per heavy atom. The minimum atomic E-state index is -0.824. The van der Waals surface area contributed by atoms with E-state index in [0.717, 1.165) is 11.5 Å². The zero-order valence-corrected chi connectivity index (χ0v) is 9.60. The number of rotatable bonds is 7. The van der Waals surface area contributed by atoms with E-state index in [2.05, 4.69) is 11.9 Å². The maximum absolute atomic E-state index is 11.2. The largest absolute Gasteiger partial charge is 0.351 e. The summed E-state index contributed by atoms with van der Waals surface area (Å²) in [5, 5.41) is 4.98. The standard InChI is InChI=1S/C9H17N3O2S/c1-3-5-15-6-4-11-7(2)8(13)12-9(10)14/h3,7,11H,1,4-6H2,2H3,(H3,10,12,13,14). The van der Waals surface area contributed by atoms with Gasteiger partial charge in [0.2, 0.25) is 5.91 Å². The van der Waals surface area contributed by atoms with Crippen LogP contribution in [0.4, 0.5) is 4.79 Å². The molecule has 6 heteroatoms. The molecule has 0 spiro atoms. The van der Waals surface area contributed by atoms with Gasteiger partial charge in [0.15, 0.2) is 0 Å². The van der Waals surface area contributed by atoms with E-state index in [0.29, 0.717) is 6.54 Å². The van der Waals surface area contributed by atoms with E-state index in [1.165, 1.54) is 0 Å². The Hall–Kier alpha value is -1.01. The van der Waals surface area contributed by atoms with Crippen molar-refractivity contribution in [3.8, 4) is 0 Å². The molecule has 0 saturated heterocycles. The number of carbonyl (C=O) groups is 2. The first-order valence-corrected chi connectivity index (χ1v) is 5.75. The van der Waals surface area contributed by atoms with Crippen molar-refractivity contribution in [3.63, 3.8) is 0 Å². The third-order valence-electron chi connectivity index (χ3n) is 1.57. The molecule has 4 N–H and O–H groups in total. The minimum absolute atomic E-state index is 0.406. The molecule has 86 valence electrons. The average molecular weight is 231 g/mol. The predicted molar refractivity (Wildman–Crippen MR) is 62.7 cm³/mol. The molecule has 1 atom stereocenters. The summed E-state index contributed by atoms with van der Waals surface area (Å²) < 4.78 is 0. The highest BCUT2D eigenvalue weighted by atomic mass is 32.2. The van der Waals surface area contributed by atoms with Crippen LogP contribution in [0, 0.1) is 0 Å². The van der Waals surface area contributed by atoms with Crippen LogP contribution in [0.2, 0.25) is 0 Å². The summed E-state index contributed by atoms with van der Waals surface area (Å²) in [6.07, 6.45) is 1.83. The minimum Gasteiger partial charge on any atom is -0.351 e. The smallest absolute Gasteiger partial charge is 0.318 e. The Morgan fingerprint density at radius 3 is 2.80 bits per heavy atom. The summed E-state index contributed by atoms with van der Waals surface area (Å²) in [5.41, 5.74) is 4.81. The first kappa shape index (κ1) is 14.0. The first-order valence-electron chi connectivity index (χ1n) is 4.60. The van der Waals surface area contributed by atoms with E-state index in [-0.39, 0.29) is 0 Å². The van der Waals surface area contributed by atoms with Crippen LogP contribution in [-0.2, 0) is 4.79 Å². The highest BCUT2D eigenvalue weighted by Crippen LogP contribution is 1.97. The number of nitrogens with one attached hydrogen (secondary N) is 2. The maximum Gasteiger partial charge on any atom is 0.318 e. The second kappa shape index (κ2) is 8.31. The topological polar surface area (TPSA) is 84.2 Å². The number of carbonyl (C=O) groups excluding carboxylic acids is 2. The lowest BCUT2D eigenvalue weighted by molar-refractivity contribution is -0.121. The zero-order valence-electron chi connectivity index (χ0n) is 8.79. The molecule has 0 fully saturated rings. The fourth-order valence-electron chi connectivity index (χ4n) is 0.837. The molecule has 0 aliphatic heterocycles. The van der Waals surface area contributed by atoms with Crippen molar-refractivity contribution in [2.75, 3.05) is 18.1 Å². The van der Waals surface area contributed by atoms with Gasteiger partial charge in [-0.05, 0) is 6.92 Å². The van der Waals surface area contributed by atoms with Crippen molar-refractivity contribution >= 4 is 23.7 Å². The van der Waals surface area contributed by atoms with Crippen molar-refractivity contribution in [1.29, 1.82) is 0 Å². The number of imide groups is 1. The average Bonchev–Trinajstić information content (AvgIpc) is 2.16. The molecule has 0 saturated carbocycles. The molecule has 1 unspecified atom stereocenters. The second-order valence-corrected chi connectivity index (χ2v) is 4.04. The third kappa shape index (κ3) is 8.02. The SMILES string of the molecule is C=CCSCCNC(C)C(=O)NC(N)=O. The molecule has 0 aliphatic carbocycles. The van der Waals surface area contributed by atoms with Gasteiger partial charge >= 0.3 is 6.03 Å². The first-order chi connectivity index (χ1) is 7.07. The van der Waals surface area contributed by atoms with Crippen LogP contribution in [0.5, 0.6) is 0 Å². The van der Waals surface area contributed by atoms with Crippen molar-refractivity contribution in [2.45, 2.75) is 13.0 Å². The quantitative estimate of drug-likeness (QED) is 0.428. The van der Waals surface area contributed by atoms with Gasteiger partial charge in [-0.1, -0.05) is 6.08 Å². The fourth-order valence-corrected chi connectivity index (χ4v) is 1.43. The molecule has 0 heterocycles. The normalized spacial score (nSPS) is 11.8. The van der Waals surface area contributed by atoms with Gasteiger partial charge in [-0.3, -0.25) is 10.1 Å². The number of thioether (sulfide) groups is 1. The Kier molecular flexibility index (Phi) is 7.75. The van der Waals surface area contributed by atoms with Crippen LogP contribution in [0.25, 0.3) is 0 Å². The number of primary amides is 1. The summed E-state index contributed by atoms with van der Waals surface area (Å²) in [6.45, 7) is 5.97.